The average Bonchev–Trinajstić information content (AvgIpc) is 3.54. The number of anilines is 3. The van der Waals surface area contributed by atoms with Gasteiger partial charge in [-0.1, -0.05) is 48.0 Å². The summed E-state index contributed by atoms with van der Waals surface area (Å²) in [5, 5.41) is 4.10. The lowest BCUT2D eigenvalue weighted by Crippen LogP contribution is -2.41. The molecule has 3 heterocycles. The van der Waals surface area contributed by atoms with Crippen LogP contribution in [0, 0.1) is 0 Å². The summed E-state index contributed by atoms with van der Waals surface area (Å²) in [6, 6.07) is 22.4. The van der Waals surface area contributed by atoms with Crippen LogP contribution in [0.15, 0.2) is 77.3 Å². The lowest BCUT2D eigenvalue weighted by atomic mass is 10.1. The molecule has 0 radical (unpaired) electrons. The minimum atomic E-state index is 0.146. The molecule has 0 unspecified atom stereocenters. The van der Waals surface area contributed by atoms with Crippen LogP contribution >= 0.6 is 11.6 Å². The van der Waals surface area contributed by atoms with Crippen molar-refractivity contribution < 1.29 is 9.15 Å². The number of H-pyrrole nitrogens is 1. The molecule has 3 aromatic carbocycles. The van der Waals surface area contributed by atoms with Crippen molar-refractivity contribution in [3.8, 4) is 22.6 Å². The van der Waals surface area contributed by atoms with Crippen LogP contribution in [0.5, 0.6) is 0 Å². The van der Waals surface area contributed by atoms with Gasteiger partial charge in [-0.15, -0.1) is 0 Å². The summed E-state index contributed by atoms with van der Waals surface area (Å²) in [5.74, 6) is 0.709. The van der Waals surface area contributed by atoms with E-state index in [0.29, 0.717) is 23.5 Å². The molecule has 2 N–H and O–H groups in total. The molecule has 0 spiro atoms. The van der Waals surface area contributed by atoms with Crippen molar-refractivity contribution in [3.63, 3.8) is 0 Å². The second-order valence-corrected chi connectivity index (χ2v) is 9.01. The Hall–Kier alpha value is -3.81. The zero-order chi connectivity index (χ0) is 23.8. The van der Waals surface area contributed by atoms with Crippen LogP contribution in [0.1, 0.15) is 6.92 Å². The van der Waals surface area contributed by atoms with Gasteiger partial charge in [0.1, 0.15) is 11.3 Å². The van der Waals surface area contributed by atoms with E-state index in [4.69, 9.17) is 25.7 Å². The lowest BCUT2D eigenvalue weighted by molar-refractivity contribution is 0.0515. The number of oxazole rings is 1. The number of nitrogens with zero attached hydrogens (tertiary/aromatic N) is 3. The molecule has 1 fully saturated rings. The number of rotatable bonds is 5. The topological polar surface area (TPSA) is 79.2 Å². The van der Waals surface area contributed by atoms with E-state index in [2.05, 4.69) is 27.1 Å². The molecule has 0 amide bonds. The van der Waals surface area contributed by atoms with Gasteiger partial charge in [0.2, 0.25) is 0 Å². The number of halogens is 1. The molecule has 7 nitrogen and oxygen atoms in total. The fraction of sp³-hybridized carbons (Fsp3) is 0.185. The van der Waals surface area contributed by atoms with Crippen LogP contribution in [-0.4, -0.2) is 40.8 Å². The minimum Gasteiger partial charge on any atom is -0.423 e. The summed E-state index contributed by atoms with van der Waals surface area (Å²) in [7, 11) is 0. The molecule has 35 heavy (non-hydrogen) atoms. The highest BCUT2D eigenvalue weighted by Gasteiger charge is 2.22. The van der Waals surface area contributed by atoms with Crippen LogP contribution < -0.4 is 10.2 Å². The molecule has 0 aliphatic carbocycles. The van der Waals surface area contributed by atoms with E-state index < -0.39 is 0 Å². The molecule has 176 valence electrons. The van der Waals surface area contributed by atoms with Crippen molar-refractivity contribution in [2.75, 3.05) is 29.9 Å². The molecule has 2 aromatic heterocycles. The minimum absolute atomic E-state index is 0.146. The van der Waals surface area contributed by atoms with Crippen LogP contribution in [0.2, 0.25) is 5.02 Å². The molecular weight excluding hydrogens is 462 g/mol. The van der Waals surface area contributed by atoms with Crippen molar-refractivity contribution >= 4 is 40.1 Å². The number of hydrogen-bond acceptors (Lipinski definition) is 6. The van der Waals surface area contributed by atoms with Gasteiger partial charge < -0.3 is 24.4 Å². The predicted octanol–water partition coefficient (Wildman–Crippen LogP) is 6.51. The first-order chi connectivity index (χ1) is 17.1. The van der Waals surface area contributed by atoms with Crippen molar-refractivity contribution in [3.05, 3.63) is 77.9 Å². The molecule has 8 heteroatoms. The Morgan fingerprint density at radius 1 is 1.09 bits per heavy atom. The van der Waals surface area contributed by atoms with Crippen LogP contribution in [0.3, 0.4) is 0 Å². The van der Waals surface area contributed by atoms with Gasteiger partial charge >= 0.3 is 0 Å². The highest BCUT2D eigenvalue weighted by molar-refractivity contribution is 6.33. The number of fused-ring (bicyclic) bond motifs is 1. The first-order valence-electron chi connectivity index (χ1n) is 11.6. The van der Waals surface area contributed by atoms with Crippen molar-refractivity contribution in [2.24, 2.45) is 0 Å². The zero-order valence-corrected chi connectivity index (χ0v) is 19.9. The molecule has 1 atom stereocenters. The maximum atomic E-state index is 6.55. The van der Waals surface area contributed by atoms with E-state index in [1.165, 1.54) is 0 Å². The largest absolute Gasteiger partial charge is 0.423 e. The van der Waals surface area contributed by atoms with Gasteiger partial charge in [-0.05, 0) is 42.8 Å². The SMILES string of the molecule is C[C@H]1CN(c2nc3c(Nc4ccc(Cl)c(-c5ncc(-c6ccccc6)[nH]5)c4)cccc3o2)CCO1. The zero-order valence-electron chi connectivity index (χ0n) is 19.2. The Kier molecular flexibility index (Phi) is 5.64. The van der Waals surface area contributed by atoms with Crippen molar-refractivity contribution in [2.45, 2.75) is 13.0 Å². The molecule has 0 saturated carbocycles. The molecular formula is C27H24ClN5O2. The first-order valence-corrected chi connectivity index (χ1v) is 12.0. The van der Waals surface area contributed by atoms with E-state index in [0.717, 1.165) is 52.4 Å². The summed E-state index contributed by atoms with van der Waals surface area (Å²) in [6.07, 6.45) is 1.97. The average molecular weight is 486 g/mol. The van der Waals surface area contributed by atoms with Gasteiger partial charge in [0.15, 0.2) is 5.58 Å². The van der Waals surface area contributed by atoms with Crippen LogP contribution in [0.25, 0.3) is 33.7 Å². The first kappa shape index (κ1) is 21.7. The van der Waals surface area contributed by atoms with Gasteiger partial charge in [0, 0.05) is 24.3 Å². The maximum absolute atomic E-state index is 6.55. The lowest BCUT2D eigenvalue weighted by Gasteiger charge is -2.29. The summed E-state index contributed by atoms with van der Waals surface area (Å²) < 4.78 is 11.7. The van der Waals surface area contributed by atoms with Gasteiger partial charge in [-0.2, -0.15) is 4.98 Å². The van der Waals surface area contributed by atoms with Gasteiger partial charge in [0.05, 0.1) is 35.3 Å². The third-order valence-electron chi connectivity index (χ3n) is 6.08. The third kappa shape index (κ3) is 4.36. The second kappa shape index (κ2) is 9.09. The monoisotopic (exact) mass is 485 g/mol. The van der Waals surface area contributed by atoms with E-state index in [1.54, 1.807) is 0 Å². The van der Waals surface area contributed by atoms with Crippen LogP contribution in [-0.2, 0) is 4.74 Å². The standard InChI is InChI=1S/C27H24ClN5O2/c1-17-16-33(12-13-34-17)27-32-25-22(8-5-9-24(25)35-27)30-19-10-11-21(28)20(14-19)26-29-15-23(31-26)18-6-3-2-4-7-18/h2-11,14-15,17,30H,12-13,16H2,1H3,(H,29,31)/t17-/m0/s1. The number of aromatic nitrogens is 3. The number of hydrogen-bond donors (Lipinski definition) is 2. The van der Waals surface area contributed by atoms with E-state index >= 15 is 0 Å². The molecule has 0 bridgehead atoms. The highest BCUT2D eigenvalue weighted by atomic mass is 35.5. The number of morpholine rings is 1. The Bertz CT molecular complexity index is 1480. The quantitative estimate of drug-likeness (QED) is 0.295. The van der Waals surface area contributed by atoms with E-state index in [9.17, 15) is 0 Å². The molecule has 1 aliphatic heterocycles. The fourth-order valence-corrected chi connectivity index (χ4v) is 4.53. The molecule has 5 aromatic rings. The highest BCUT2D eigenvalue weighted by Crippen LogP contribution is 2.34. The van der Waals surface area contributed by atoms with Gasteiger partial charge in [-0.25, -0.2) is 4.98 Å². The van der Waals surface area contributed by atoms with Crippen LogP contribution in [0.4, 0.5) is 17.4 Å². The fourth-order valence-electron chi connectivity index (χ4n) is 4.33. The number of imidazole rings is 1. The molecule has 1 aliphatic rings. The second-order valence-electron chi connectivity index (χ2n) is 8.61. The third-order valence-corrected chi connectivity index (χ3v) is 6.41. The Labute approximate surface area is 207 Å². The predicted molar refractivity (Wildman–Crippen MR) is 139 cm³/mol. The maximum Gasteiger partial charge on any atom is 0.298 e. The Balaban J connectivity index is 1.30. The molecule has 6 rings (SSSR count). The number of para-hydroxylation sites is 1. The number of benzene rings is 3. The smallest absolute Gasteiger partial charge is 0.298 e. The number of ether oxygens (including phenoxy) is 1. The Morgan fingerprint density at radius 3 is 2.83 bits per heavy atom. The van der Waals surface area contributed by atoms with E-state index in [-0.39, 0.29) is 6.10 Å². The number of aromatic amines is 1. The van der Waals surface area contributed by atoms with Gasteiger partial charge in [0.25, 0.3) is 6.01 Å². The van der Waals surface area contributed by atoms with Gasteiger partial charge in [-0.3, -0.25) is 0 Å². The van der Waals surface area contributed by atoms with Crippen molar-refractivity contribution in [1.82, 2.24) is 15.0 Å². The summed E-state index contributed by atoms with van der Waals surface area (Å²) in [4.78, 5) is 14.9. The molecule has 1 saturated heterocycles. The number of nitrogens with one attached hydrogen (secondary N) is 2. The van der Waals surface area contributed by atoms with Crippen molar-refractivity contribution in [1.29, 1.82) is 0 Å². The normalized spacial score (nSPS) is 16.1. The van der Waals surface area contributed by atoms with E-state index in [1.807, 2.05) is 72.9 Å². The Morgan fingerprint density at radius 2 is 1.97 bits per heavy atom. The summed E-state index contributed by atoms with van der Waals surface area (Å²) >= 11 is 6.55. The summed E-state index contributed by atoms with van der Waals surface area (Å²) in [6.45, 7) is 4.23. The summed E-state index contributed by atoms with van der Waals surface area (Å²) in [5.41, 5.74) is 6.07.